The van der Waals surface area contributed by atoms with Gasteiger partial charge in [0, 0.05) is 17.9 Å². The molecule has 1 aliphatic heterocycles. The molecule has 142 valence electrons. The molecule has 1 heterocycles. The van der Waals surface area contributed by atoms with Crippen molar-refractivity contribution in [3.8, 4) is 0 Å². The lowest BCUT2D eigenvalue weighted by Crippen LogP contribution is -2.36. The van der Waals surface area contributed by atoms with Crippen LogP contribution in [0.5, 0.6) is 0 Å². The first kappa shape index (κ1) is 19.1. The Morgan fingerprint density at radius 1 is 1.22 bits per heavy atom. The van der Waals surface area contributed by atoms with Crippen LogP contribution in [0.2, 0.25) is 0 Å². The lowest BCUT2D eigenvalue weighted by atomic mass is 10.1. The van der Waals surface area contributed by atoms with Crippen LogP contribution in [0.3, 0.4) is 0 Å². The second kappa shape index (κ2) is 9.33. The van der Waals surface area contributed by atoms with Gasteiger partial charge < -0.3 is 10.1 Å². The van der Waals surface area contributed by atoms with Gasteiger partial charge in [-0.05, 0) is 56.0 Å². The van der Waals surface area contributed by atoms with E-state index in [4.69, 9.17) is 4.74 Å². The maximum atomic E-state index is 12.7. The van der Waals surface area contributed by atoms with Crippen molar-refractivity contribution in [2.45, 2.75) is 39.2 Å². The summed E-state index contributed by atoms with van der Waals surface area (Å²) in [5.41, 5.74) is 3.79. The van der Waals surface area contributed by atoms with Crippen LogP contribution in [-0.4, -0.2) is 31.1 Å². The highest BCUT2D eigenvalue weighted by Gasteiger charge is 2.16. The third kappa shape index (κ3) is 5.66. The Kier molecular flexibility index (Phi) is 6.60. The van der Waals surface area contributed by atoms with Crippen molar-refractivity contribution in [3.63, 3.8) is 0 Å². The molecule has 1 atom stereocenters. The van der Waals surface area contributed by atoms with Gasteiger partial charge >= 0.3 is 0 Å². The molecule has 0 radical (unpaired) electrons. The van der Waals surface area contributed by atoms with E-state index in [1.54, 1.807) is 6.07 Å². The zero-order valence-electron chi connectivity index (χ0n) is 16.0. The summed E-state index contributed by atoms with van der Waals surface area (Å²) in [4.78, 5) is 17.2. The second-order valence-electron chi connectivity index (χ2n) is 6.83. The fraction of sp³-hybridized carbons (Fsp3) is 0.364. The molecule has 0 bridgehead atoms. The first-order chi connectivity index (χ1) is 13.1. The highest BCUT2D eigenvalue weighted by molar-refractivity contribution is 6.10. The van der Waals surface area contributed by atoms with Crippen molar-refractivity contribution >= 4 is 17.6 Å². The molecule has 1 amide bonds. The molecule has 1 fully saturated rings. The van der Waals surface area contributed by atoms with Crippen molar-refractivity contribution in [3.05, 3.63) is 65.2 Å². The van der Waals surface area contributed by atoms with E-state index < -0.39 is 0 Å². The molecule has 5 heteroatoms. The van der Waals surface area contributed by atoms with Crippen LogP contribution in [0.1, 0.15) is 41.3 Å². The first-order valence-electron chi connectivity index (χ1n) is 9.54. The summed E-state index contributed by atoms with van der Waals surface area (Å²) in [7, 11) is 0. The van der Waals surface area contributed by atoms with Gasteiger partial charge in [-0.1, -0.05) is 36.8 Å². The fourth-order valence-electron chi connectivity index (χ4n) is 3.06. The Morgan fingerprint density at radius 2 is 2.07 bits per heavy atom. The number of ether oxygens (including phenoxy) is 1. The van der Waals surface area contributed by atoms with Crippen molar-refractivity contribution in [2.24, 2.45) is 4.99 Å². The SMILES string of the molecule is CCc1cccc(NC(=NC[C@H]2CCCO2)NC(=O)c2cccc(C)c2)c1. The lowest BCUT2D eigenvalue weighted by molar-refractivity contribution is 0.0975. The van der Waals surface area contributed by atoms with E-state index in [-0.39, 0.29) is 12.0 Å². The van der Waals surface area contributed by atoms with Crippen LogP contribution in [0.25, 0.3) is 0 Å². The van der Waals surface area contributed by atoms with Crippen molar-refractivity contribution < 1.29 is 9.53 Å². The number of nitrogens with zero attached hydrogens (tertiary/aromatic N) is 1. The molecule has 3 rings (SSSR count). The van der Waals surface area contributed by atoms with Crippen LogP contribution in [-0.2, 0) is 11.2 Å². The number of aliphatic imine (C=N–C) groups is 1. The highest BCUT2D eigenvalue weighted by atomic mass is 16.5. The zero-order chi connectivity index (χ0) is 19.1. The van der Waals surface area contributed by atoms with E-state index in [1.807, 2.05) is 37.3 Å². The van der Waals surface area contributed by atoms with Crippen molar-refractivity contribution in [2.75, 3.05) is 18.5 Å². The molecule has 1 aliphatic rings. The predicted octanol–water partition coefficient (Wildman–Crippen LogP) is 3.93. The zero-order valence-corrected chi connectivity index (χ0v) is 16.0. The number of amides is 1. The van der Waals surface area contributed by atoms with Gasteiger partial charge in [-0.25, -0.2) is 4.99 Å². The van der Waals surface area contributed by atoms with Crippen LogP contribution >= 0.6 is 0 Å². The van der Waals surface area contributed by atoms with Crippen LogP contribution in [0.4, 0.5) is 5.69 Å². The Bertz CT molecular complexity index is 811. The summed E-state index contributed by atoms with van der Waals surface area (Å²) in [6.07, 6.45) is 3.15. The number of carbonyl (C=O) groups excluding carboxylic acids is 1. The lowest BCUT2D eigenvalue weighted by Gasteiger charge is -2.14. The molecule has 27 heavy (non-hydrogen) atoms. The first-order valence-corrected chi connectivity index (χ1v) is 9.54. The minimum atomic E-state index is -0.177. The summed E-state index contributed by atoms with van der Waals surface area (Å²) < 4.78 is 5.65. The monoisotopic (exact) mass is 365 g/mol. The molecular weight excluding hydrogens is 338 g/mol. The Balaban J connectivity index is 1.75. The molecule has 2 N–H and O–H groups in total. The van der Waals surface area contributed by atoms with Gasteiger partial charge in [0.1, 0.15) is 0 Å². The number of hydrogen-bond donors (Lipinski definition) is 2. The van der Waals surface area contributed by atoms with Crippen molar-refractivity contribution in [1.82, 2.24) is 5.32 Å². The van der Waals surface area contributed by atoms with Crippen LogP contribution in [0, 0.1) is 6.92 Å². The largest absolute Gasteiger partial charge is 0.376 e. The van der Waals surface area contributed by atoms with Crippen molar-refractivity contribution in [1.29, 1.82) is 0 Å². The van der Waals surface area contributed by atoms with E-state index in [1.165, 1.54) is 5.56 Å². The smallest absolute Gasteiger partial charge is 0.257 e. The fourth-order valence-corrected chi connectivity index (χ4v) is 3.06. The standard InChI is InChI=1S/C22H27N3O2/c1-3-17-8-5-10-19(14-17)24-22(23-15-20-11-6-12-27-20)25-21(26)18-9-4-7-16(2)13-18/h4-5,7-10,13-14,20H,3,6,11-12,15H2,1-2H3,(H2,23,24,25,26)/t20-/m1/s1. The van der Waals surface area contributed by atoms with Crippen LogP contribution < -0.4 is 10.6 Å². The molecule has 0 saturated carbocycles. The van der Waals surface area contributed by atoms with E-state index in [0.717, 1.165) is 37.1 Å². The summed E-state index contributed by atoms with van der Waals surface area (Å²) in [6, 6.07) is 15.6. The molecule has 2 aromatic carbocycles. The molecule has 0 unspecified atom stereocenters. The molecule has 0 aromatic heterocycles. The molecule has 0 aliphatic carbocycles. The second-order valence-corrected chi connectivity index (χ2v) is 6.83. The maximum Gasteiger partial charge on any atom is 0.257 e. The summed E-state index contributed by atoms with van der Waals surface area (Å²) in [6.45, 7) is 5.41. The Labute approximate surface area is 160 Å². The average Bonchev–Trinajstić information content (AvgIpc) is 3.20. The summed E-state index contributed by atoms with van der Waals surface area (Å²) in [5.74, 6) is 0.272. The number of anilines is 1. The van der Waals surface area contributed by atoms with E-state index in [0.29, 0.717) is 18.1 Å². The topological polar surface area (TPSA) is 62.7 Å². The van der Waals surface area contributed by atoms with E-state index >= 15 is 0 Å². The van der Waals surface area contributed by atoms with Gasteiger partial charge in [0.15, 0.2) is 0 Å². The van der Waals surface area contributed by atoms with Gasteiger partial charge in [0.05, 0.1) is 12.6 Å². The predicted molar refractivity (Wildman–Crippen MR) is 109 cm³/mol. The molecule has 5 nitrogen and oxygen atoms in total. The number of rotatable bonds is 5. The van der Waals surface area contributed by atoms with Gasteiger partial charge in [-0.3, -0.25) is 10.1 Å². The number of hydrogen-bond acceptors (Lipinski definition) is 3. The third-order valence-corrected chi connectivity index (χ3v) is 4.59. The highest BCUT2D eigenvalue weighted by Crippen LogP contribution is 2.14. The van der Waals surface area contributed by atoms with Gasteiger partial charge in [-0.15, -0.1) is 0 Å². The Hall–Kier alpha value is -2.66. The molecule has 2 aromatic rings. The Morgan fingerprint density at radius 3 is 2.81 bits per heavy atom. The third-order valence-electron chi connectivity index (χ3n) is 4.59. The quantitative estimate of drug-likeness (QED) is 0.623. The molecule has 1 saturated heterocycles. The summed E-state index contributed by atoms with van der Waals surface area (Å²) in [5, 5.41) is 6.17. The maximum absolute atomic E-state index is 12.7. The van der Waals surface area contributed by atoms with Crippen LogP contribution in [0.15, 0.2) is 53.5 Å². The molecular formula is C22H27N3O2. The summed E-state index contributed by atoms with van der Waals surface area (Å²) >= 11 is 0. The number of guanidine groups is 1. The van der Waals surface area contributed by atoms with E-state index in [9.17, 15) is 4.79 Å². The minimum absolute atomic E-state index is 0.125. The van der Waals surface area contributed by atoms with E-state index in [2.05, 4.69) is 34.7 Å². The number of nitrogens with one attached hydrogen (secondary N) is 2. The normalized spacial score (nSPS) is 17.0. The minimum Gasteiger partial charge on any atom is -0.376 e. The number of aryl methyl sites for hydroxylation is 2. The number of carbonyl (C=O) groups is 1. The number of benzene rings is 2. The van der Waals surface area contributed by atoms with Gasteiger partial charge in [0.2, 0.25) is 5.96 Å². The van der Waals surface area contributed by atoms with Gasteiger partial charge in [-0.2, -0.15) is 0 Å². The average molecular weight is 365 g/mol. The van der Waals surface area contributed by atoms with Gasteiger partial charge in [0.25, 0.3) is 5.91 Å². The molecule has 0 spiro atoms.